The van der Waals surface area contributed by atoms with E-state index in [9.17, 15) is 0 Å². The number of fused-ring (bicyclic) bond motifs is 2. The third kappa shape index (κ3) is 2.01. The maximum Gasteiger partial charge on any atom is 0.0315 e. The second-order valence-electron chi connectivity index (χ2n) is 7.53. The van der Waals surface area contributed by atoms with Crippen LogP contribution in [0.25, 0.3) is 0 Å². The number of aromatic nitrogens is 1. The SMILES string of the molecule is Cc1ccncc1CNC1C2(C)CCC(C2)C1(C)C. The van der Waals surface area contributed by atoms with Gasteiger partial charge in [0, 0.05) is 25.0 Å². The second kappa shape index (κ2) is 4.31. The molecule has 2 bridgehead atoms. The molecular weight excluding hydrogens is 232 g/mol. The van der Waals surface area contributed by atoms with Crippen molar-refractivity contribution < 1.29 is 0 Å². The fraction of sp³-hybridized carbons (Fsp3) is 0.706. The van der Waals surface area contributed by atoms with Crippen molar-refractivity contribution in [2.24, 2.45) is 16.7 Å². The molecule has 3 atom stereocenters. The molecule has 1 aromatic heterocycles. The molecule has 1 N–H and O–H groups in total. The zero-order chi connectivity index (χ0) is 13.7. The minimum Gasteiger partial charge on any atom is -0.309 e. The number of hydrogen-bond donors (Lipinski definition) is 1. The first-order valence-corrected chi connectivity index (χ1v) is 7.56. The predicted octanol–water partition coefficient (Wildman–Crippen LogP) is 3.69. The number of hydrogen-bond acceptors (Lipinski definition) is 2. The molecular formula is C17H26N2. The van der Waals surface area contributed by atoms with Crippen LogP contribution in [0.4, 0.5) is 0 Å². The van der Waals surface area contributed by atoms with Crippen LogP contribution in [0.1, 0.15) is 51.2 Å². The average Bonchev–Trinajstić information content (AvgIpc) is 2.82. The van der Waals surface area contributed by atoms with Crippen LogP contribution in [0.5, 0.6) is 0 Å². The van der Waals surface area contributed by atoms with Gasteiger partial charge in [0.1, 0.15) is 0 Å². The Kier molecular flexibility index (Phi) is 2.97. The summed E-state index contributed by atoms with van der Waals surface area (Å²) in [5.74, 6) is 0.907. The maximum absolute atomic E-state index is 4.25. The summed E-state index contributed by atoms with van der Waals surface area (Å²) in [6.07, 6.45) is 8.11. The third-order valence-corrected chi connectivity index (χ3v) is 5.91. The van der Waals surface area contributed by atoms with Crippen molar-refractivity contribution in [3.05, 3.63) is 29.6 Å². The lowest BCUT2D eigenvalue weighted by molar-refractivity contribution is 0.108. The van der Waals surface area contributed by atoms with Gasteiger partial charge in [-0.15, -0.1) is 0 Å². The quantitative estimate of drug-likeness (QED) is 0.894. The van der Waals surface area contributed by atoms with Crippen LogP contribution in [-0.2, 0) is 6.54 Å². The minimum absolute atomic E-state index is 0.434. The Hall–Kier alpha value is -0.890. The molecule has 1 heterocycles. The first-order valence-electron chi connectivity index (χ1n) is 7.56. The summed E-state index contributed by atoms with van der Waals surface area (Å²) in [6.45, 7) is 10.5. The summed E-state index contributed by atoms with van der Waals surface area (Å²) < 4.78 is 0. The fourth-order valence-corrected chi connectivity index (χ4v) is 4.71. The highest BCUT2D eigenvalue weighted by Gasteiger charge is 2.58. The van der Waals surface area contributed by atoms with Crippen LogP contribution in [0.3, 0.4) is 0 Å². The number of nitrogens with zero attached hydrogens (tertiary/aromatic N) is 1. The maximum atomic E-state index is 4.25. The van der Waals surface area contributed by atoms with E-state index in [1.54, 1.807) is 0 Å². The van der Waals surface area contributed by atoms with Gasteiger partial charge in [0.2, 0.25) is 0 Å². The van der Waals surface area contributed by atoms with E-state index in [1.807, 2.05) is 12.4 Å². The molecule has 104 valence electrons. The van der Waals surface area contributed by atoms with Crippen molar-refractivity contribution >= 4 is 0 Å². The molecule has 0 saturated heterocycles. The van der Waals surface area contributed by atoms with E-state index in [4.69, 9.17) is 0 Å². The van der Waals surface area contributed by atoms with E-state index in [2.05, 4.69) is 44.1 Å². The summed E-state index contributed by atoms with van der Waals surface area (Å²) in [5.41, 5.74) is 3.62. The standard InChI is InChI=1S/C17H26N2/c1-12-6-8-18-10-13(12)11-19-15-16(2,3)14-5-7-17(15,4)9-14/h6,8,10,14-15,19H,5,7,9,11H2,1-4H3. The molecule has 3 unspecified atom stereocenters. The van der Waals surface area contributed by atoms with Gasteiger partial charge in [-0.1, -0.05) is 20.8 Å². The van der Waals surface area contributed by atoms with E-state index in [0.717, 1.165) is 12.5 Å². The Morgan fingerprint density at radius 1 is 1.37 bits per heavy atom. The van der Waals surface area contributed by atoms with Crippen molar-refractivity contribution in [3.63, 3.8) is 0 Å². The number of aryl methyl sites for hydroxylation is 1. The van der Waals surface area contributed by atoms with Crippen molar-refractivity contribution in [2.45, 2.75) is 59.5 Å². The lowest BCUT2D eigenvalue weighted by Gasteiger charge is -2.43. The Labute approximate surface area is 117 Å². The van der Waals surface area contributed by atoms with Crippen LogP contribution in [0.15, 0.2) is 18.5 Å². The fourth-order valence-electron chi connectivity index (χ4n) is 4.71. The molecule has 0 spiro atoms. The third-order valence-electron chi connectivity index (χ3n) is 5.91. The molecule has 0 amide bonds. The molecule has 2 aliphatic carbocycles. The normalized spacial score (nSPS) is 35.8. The van der Waals surface area contributed by atoms with Crippen molar-refractivity contribution in [2.75, 3.05) is 0 Å². The molecule has 2 fully saturated rings. The molecule has 2 nitrogen and oxygen atoms in total. The van der Waals surface area contributed by atoms with E-state index < -0.39 is 0 Å². The molecule has 2 heteroatoms. The lowest BCUT2D eigenvalue weighted by Crippen LogP contribution is -2.50. The minimum atomic E-state index is 0.434. The van der Waals surface area contributed by atoms with Crippen molar-refractivity contribution in [1.29, 1.82) is 0 Å². The van der Waals surface area contributed by atoms with Gasteiger partial charge in [-0.05, 0) is 60.1 Å². The highest BCUT2D eigenvalue weighted by molar-refractivity contribution is 5.22. The summed E-state index contributed by atoms with van der Waals surface area (Å²) >= 11 is 0. The molecule has 2 aliphatic rings. The summed E-state index contributed by atoms with van der Waals surface area (Å²) in [7, 11) is 0. The molecule has 19 heavy (non-hydrogen) atoms. The van der Waals surface area contributed by atoms with Crippen molar-refractivity contribution in [3.8, 4) is 0 Å². The van der Waals surface area contributed by atoms with Crippen LogP contribution in [0, 0.1) is 23.7 Å². The summed E-state index contributed by atoms with van der Waals surface area (Å²) in [6, 6.07) is 2.74. The smallest absolute Gasteiger partial charge is 0.0315 e. The zero-order valence-electron chi connectivity index (χ0n) is 12.7. The van der Waals surface area contributed by atoms with Gasteiger partial charge >= 0.3 is 0 Å². The van der Waals surface area contributed by atoms with Gasteiger partial charge in [0.15, 0.2) is 0 Å². The van der Waals surface area contributed by atoms with E-state index in [-0.39, 0.29) is 0 Å². The van der Waals surface area contributed by atoms with Gasteiger partial charge in [0.25, 0.3) is 0 Å². The van der Waals surface area contributed by atoms with Gasteiger partial charge in [0.05, 0.1) is 0 Å². The molecule has 0 aliphatic heterocycles. The zero-order valence-corrected chi connectivity index (χ0v) is 12.7. The highest BCUT2D eigenvalue weighted by Crippen LogP contribution is 2.62. The van der Waals surface area contributed by atoms with Gasteiger partial charge in [-0.25, -0.2) is 0 Å². The van der Waals surface area contributed by atoms with Gasteiger partial charge in [-0.2, -0.15) is 0 Å². The van der Waals surface area contributed by atoms with Crippen LogP contribution in [-0.4, -0.2) is 11.0 Å². The largest absolute Gasteiger partial charge is 0.309 e. The van der Waals surface area contributed by atoms with Crippen LogP contribution < -0.4 is 5.32 Å². The van der Waals surface area contributed by atoms with Crippen LogP contribution in [0.2, 0.25) is 0 Å². The Morgan fingerprint density at radius 2 is 2.16 bits per heavy atom. The molecule has 0 aromatic carbocycles. The Morgan fingerprint density at radius 3 is 2.79 bits per heavy atom. The van der Waals surface area contributed by atoms with E-state index >= 15 is 0 Å². The monoisotopic (exact) mass is 258 g/mol. The Bertz CT molecular complexity index is 475. The molecule has 1 aromatic rings. The summed E-state index contributed by atoms with van der Waals surface area (Å²) in [5, 5.41) is 3.86. The second-order valence-corrected chi connectivity index (χ2v) is 7.53. The Balaban J connectivity index is 1.75. The predicted molar refractivity (Wildman–Crippen MR) is 78.8 cm³/mol. The van der Waals surface area contributed by atoms with Gasteiger partial charge in [-0.3, -0.25) is 4.98 Å². The average molecular weight is 258 g/mol. The molecule has 2 saturated carbocycles. The van der Waals surface area contributed by atoms with E-state index in [0.29, 0.717) is 16.9 Å². The number of pyridine rings is 1. The molecule has 0 radical (unpaired) electrons. The van der Waals surface area contributed by atoms with E-state index in [1.165, 1.54) is 30.4 Å². The van der Waals surface area contributed by atoms with Crippen molar-refractivity contribution in [1.82, 2.24) is 10.3 Å². The van der Waals surface area contributed by atoms with Gasteiger partial charge < -0.3 is 5.32 Å². The first-order chi connectivity index (χ1) is 8.93. The number of rotatable bonds is 3. The highest BCUT2D eigenvalue weighted by atomic mass is 15.0. The first kappa shape index (κ1) is 13.1. The number of nitrogens with one attached hydrogen (secondary N) is 1. The lowest BCUT2D eigenvalue weighted by atomic mass is 9.68. The summed E-state index contributed by atoms with van der Waals surface area (Å²) in [4.78, 5) is 4.25. The topological polar surface area (TPSA) is 24.9 Å². The van der Waals surface area contributed by atoms with Crippen LogP contribution >= 0.6 is 0 Å². The molecule has 3 rings (SSSR count).